The van der Waals surface area contributed by atoms with E-state index in [-0.39, 0.29) is 5.92 Å². The van der Waals surface area contributed by atoms with Gasteiger partial charge in [-0.15, -0.1) is 0 Å². The van der Waals surface area contributed by atoms with Crippen LogP contribution in [0.3, 0.4) is 0 Å². The fourth-order valence-corrected chi connectivity index (χ4v) is 2.98. The summed E-state index contributed by atoms with van der Waals surface area (Å²) in [5.41, 5.74) is 3.80. The van der Waals surface area contributed by atoms with Crippen molar-refractivity contribution in [3.8, 4) is 5.75 Å². The summed E-state index contributed by atoms with van der Waals surface area (Å²) >= 11 is 3.46. The molecule has 0 saturated carbocycles. The second-order valence-corrected chi connectivity index (χ2v) is 6.02. The standard InChI is InChI=1S/C21H19BrO/c22-15-17-11-13-20(14-12-17)23-16-21(18-7-3-1-4-8-18)19-9-5-2-6-10-19/h1-14,21H,15-16H2. The van der Waals surface area contributed by atoms with Crippen molar-refractivity contribution in [3.63, 3.8) is 0 Å². The van der Waals surface area contributed by atoms with Crippen LogP contribution in [-0.2, 0) is 5.33 Å². The van der Waals surface area contributed by atoms with Gasteiger partial charge in [0.05, 0.1) is 6.61 Å². The van der Waals surface area contributed by atoms with E-state index < -0.39 is 0 Å². The molecule has 3 rings (SSSR count). The normalized spacial score (nSPS) is 10.7. The van der Waals surface area contributed by atoms with Crippen molar-refractivity contribution in [2.45, 2.75) is 11.2 Å². The van der Waals surface area contributed by atoms with Gasteiger partial charge in [-0.3, -0.25) is 0 Å². The minimum atomic E-state index is 0.230. The maximum Gasteiger partial charge on any atom is 0.119 e. The smallest absolute Gasteiger partial charge is 0.119 e. The average molecular weight is 367 g/mol. The van der Waals surface area contributed by atoms with Gasteiger partial charge >= 0.3 is 0 Å². The lowest BCUT2D eigenvalue weighted by Gasteiger charge is -2.19. The van der Waals surface area contributed by atoms with E-state index in [0.717, 1.165) is 11.1 Å². The van der Waals surface area contributed by atoms with Gasteiger partial charge in [-0.05, 0) is 28.8 Å². The molecule has 0 aliphatic carbocycles. The molecule has 0 aromatic heterocycles. The van der Waals surface area contributed by atoms with Crippen LogP contribution in [0.5, 0.6) is 5.75 Å². The average Bonchev–Trinajstić information content (AvgIpc) is 2.64. The van der Waals surface area contributed by atoms with Crippen molar-refractivity contribution in [2.75, 3.05) is 6.61 Å². The second kappa shape index (κ2) is 7.98. The predicted octanol–water partition coefficient (Wildman–Crippen LogP) is 5.79. The highest BCUT2D eigenvalue weighted by Crippen LogP contribution is 2.26. The molecule has 23 heavy (non-hydrogen) atoms. The molecule has 0 saturated heterocycles. The number of rotatable bonds is 6. The van der Waals surface area contributed by atoms with Crippen LogP contribution >= 0.6 is 15.9 Å². The number of hydrogen-bond donors (Lipinski definition) is 0. The van der Waals surface area contributed by atoms with E-state index >= 15 is 0 Å². The molecular formula is C21H19BrO. The molecule has 0 radical (unpaired) electrons. The Bertz CT molecular complexity index is 668. The lowest BCUT2D eigenvalue weighted by molar-refractivity contribution is 0.303. The van der Waals surface area contributed by atoms with E-state index in [1.807, 2.05) is 24.3 Å². The Balaban J connectivity index is 1.79. The highest BCUT2D eigenvalue weighted by molar-refractivity contribution is 9.08. The van der Waals surface area contributed by atoms with E-state index in [9.17, 15) is 0 Å². The van der Waals surface area contributed by atoms with Gasteiger partial charge in [-0.25, -0.2) is 0 Å². The highest BCUT2D eigenvalue weighted by atomic mass is 79.9. The van der Waals surface area contributed by atoms with Crippen LogP contribution in [0.25, 0.3) is 0 Å². The minimum Gasteiger partial charge on any atom is -0.493 e. The van der Waals surface area contributed by atoms with Crippen molar-refractivity contribution >= 4 is 15.9 Å². The molecule has 1 nitrogen and oxygen atoms in total. The van der Waals surface area contributed by atoms with E-state index in [2.05, 4.69) is 76.6 Å². The lowest BCUT2D eigenvalue weighted by atomic mass is 9.92. The third-order valence-electron chi connectivity index (χ3n) is 3.90. The molecule has 0 bridgehead atoms. The summed E-state index contributed by atoms with van der Waals surface area (Å²) in [4.78, 5) is 0. The zero-order valence-corrected chi connectivity index (χ0v) is 14.4. The van der Waals surface area contributed by atoms with Crippen molar-refractivity contribution in [1.29, 1.82) is 0 Å². The first-order chi connectivity index (χ1) is 11.4. The van der Waals surface area contributed by atoms with Crippen LogP contribution in [0.1, 0.15) is 22.6 Å². The quantitative estimate of drug-likeness (QED) is 0.501. The zero-order chi connectivity index (χ0) is 15.9. The molecule has 0 heterocycles. The van der Waals surface area contributed by atoms with Gasteiger partial charge in [0.25, 0.3) is 0 Å². The van der Waals surface area contributed by atoms with Crippen molar-refractivity contribution in [3.05, 3.63) is 102 Å². The van der Waals surface area contributed by atoms with Crippen LogP contribution in [0.15, 0.2) is 84.9 Å². The molecule has 116 valence electrons. The fourth-order valence-electron chi connectivity index (χ4n) is 2.61. The molecule has 0 spiro atoms. The largest absolute Gasteiger partial charge is 0.493 e. The second-order valence-electron chi connectivity index (χ2n) is 5.46. The van der Waals surface area contributed by atoms with Crippen LogP contribution in [0, 0.1) is 0 Å². The Kier molecular flexibility index (Phi) is 5.49. The topological polar surface area (TPSA) is 9.23 Å². The molecule has 0 fully saturated rings. The summed E-state index contributed by atoms with van der Waals surface area (Å²) in [6.07, 6.45) is 0. The van der Waals surface area contributed by atoms with Crippen LogP contribution in [0.2, 0.25) is 0 Å². The minimum absolute atomic E-state index is 0.230. The SMILES string of the molecule is BrCc1ccc(OCC(c2ccccc2)c2ccccc2)cc1. The van der Waals surface area contributed by atoms with Crippen molar-refractivity contribution in [2.24, 2.45) is 0 Å². The molecule has 0 atom stereocenters. The highest BCUT2D eigenvalue weighted by Gasteiger charge is 2.14. The maximum absolute atomic E-state index is 6.06. The van der Waals surface area contributed by atoms with Crippen LogP contribution < -0.4 is 4.74 Å². The summed E-state index contributed by atoms with van der Waals surface area (Å²) in [6.45, 7) is 0.627. The molecule has 3 aromatic rings. The molecule has 0 aliphatic rings. The van der Waals surface area contributed by atoms with Crippen molar-refractivity contribution in [1.82, 2.24) is 0 Å². The summed E-state index contributed by atoms with van der Waals surface area (Å²) in [5.74, 6) is 1.14. The molecule has 0 amide bonds. The van der Waals surface area contributed by atoms with E-state index in [1.165, 1.54) is 16.7 Å². The molecule has 0 unspecified atom stereocenters. The Hall–Kier alpha value is -2.06. The van der Waals surface area contributed by atoms with Gasteiger partial charge in [0, 0.05) is 11.2 Å². The van der Waals surface area contributed by atoms with E-state index in [0.29, 0.717) is 6.61 Å². The predicted molar refractivity (Wildman–Crippen MR) is 99.3 cm³/mol. The maximum atomic E-state index is 6.06. The van der Waals surface area contributed by atoms with Crippen molar-refractivity contribution < 1.29 is 4.74 Å². The Morgan fingerprint density at radius 3 is 1.70 bits per heavy atom. The van der Waals surface area contributed by atoms with Gasteiger partial charge in [0.15, 0.2) is 0 Å². The Morgan fingerprint density at radius 1 is 0.696 bits per heavy atom. The number of benzene rings is 3. The number of hydrogen-bond acceptors (Lipinski definition) is 1. The third-order valence-corrected chi connectivity index (χ3v) is 4.55. The van der Waals surface area contributed by atoms with Gasteiger partial charge in [-0.1, -0.05) is 88.7 Å². The molecule has 3 aromatic carbocycles. The van der Waals surface area contributed by atoms with Gasteiger partial charge < -0.3 is 4.74 Å². The summed E-state index contributed by atoms with van der Waals surface area (Å²) in [6, 6.07) is 29.3. The van der Waals surface area contributed by atoms with Gasteiger partial charge in [0.1, 0.15) is 5.75 Å². The van der Waals surface area contributed by atoms with E-state index in [4.69, 9.17) is 4.74 Å². The number of ether oxygens (including phenoxy) is 1. The fraction of sp³-hybridized carbons (Fsp3) is 0.143. The first-order valence-electron chi connectivity index (χ1n) is 7.74. The monoisotopic (exact) mass is 366 g/mol. The Labute approximate surface area is 146 Å². The lowest BCUT2D eigenvalue weighted by Crippen LogP contribution is -2.12. The number of halogens is 1. The third kappa shape index (κ3) is 4.23. The summed E-state index contributed by atoms with van der Waals surface area (Å²) in [7, 11) is 0. The molecule has 0 N–H and O–H groups in total. The summed E-state index contributed by atoms with van der Waals surface area (Å²) in [5, 5.41) is 0.865. The van der Waals surface area contributed by atoms with Gasteiger partial charge in [0.2, 0.25) is 0 Å². The van der Waals surface area contributed by atoms with E-state index in [1.54, 1.807) is 0 Å². The van der Waals surface area contributed by atoms with Crippen LogP contribution in [-0.4, -0.2) is 6.61 Å². The zero-order valence-electron chi connectivity index (χ0n) is 12.9. The molecular weight excluding hydrogens is 348 g/mol. The Morgan fingerprint density at radius 2 is 1.22 bits per heavy atom. The van der Waals surface area contributed by atoms with Crippen LogP contribution in [0.4, 0.5) is 0 Å². The summed E-state index contributed by atoms with van der Waals surface area (Å²) < 4.78 is 6.06. The first-order valence-corrected chi connectivity index (χ1v) is 8.86. The molecule has 0 aliphatic heterocycles. The first kappa shape index (κ1) is 15.8. The molecule has 2 heteroatoms. The van der Waals surface area contributed by atoms with Gasteiger partial charge in [-0.2, -0.15) is 0 Å². The number of alkyl halides is 1.